The lowest BCUT2D eigenvalue weighted by Crippen LogP contribution is -2.03. The first-order valence-corrected chi connectivity index (χ1v) is 6.63. The molecular formula is C17H17FN2. The van der Waals surface area contributed by atoms with Crippen molar-refractivity contribution in [3.05, 3.63) is 65.0 Å². The van der Waals surface area contributed by atoms with Gasteiger partial charge in [-0.05, 0) is 29.7 Å². The third-order valence-corrected chi connectivity index (χ3v) is 3.24. The Bertz CT molecular complexity index is 642. The van der Waals surface area contributed by atoms with E-state index in [4.69, 9.17) is 5.26 Å². The van der Waals surface area contributed by atoms with E-state index in [-0.39, 0.29) is 5.56 Å². The fourth-order valence-electron chi connectivity index (χ4n) is 2.01. The molecule has 0 atom stereocenters. The normalized spacial score (nSPS) is 10.3. The van der Waals surface area contributed by atoms with Crippen LogP contribution in [0.3, 0.4) is 0 Å². The average Bonchev–Trinajstić information content (AvgIpc) is 2.46. The number of anilines is 1. The maximum atomic E-state index is 13.9. The fraction of sp³-hybridized carbons (Fsp3) is 0.235. The molecular weight excluding hydrogens is 251 g/mol. The molecule has 2 aromatic carbocycles. The Morgan fingerprint density at radius 3 is 2.65 bits per heavy atom. The fourth-order valence-corrected chi connectivity index (χ4v) is 2.01. The van der Waals surface area contributed by atoms with Crippen LogP contribution in [0.2, 0.25) is 0 Å². The van der Waals surface area contributed by atoms with Crippen molar-refractivity contribution in [1.29, 1.82) is 5.26 Å². The Balaban J connectivity index is 2.13. The van der Waals surface area contributed by atoms with E-state index in [9.17, 15) is 4.39 Å². The minimum absolute atomic E-state index is 0.0835. The lowest BCUT2D eigenvalue weighted by molar-refractivity contribution is 0.609. The van der Waals surface area contributed by atoms with Crippen molar-refractivity contribution in [3.63, 3.8) is 0 Å². The number of benzene rings is 2. The van der Waals surface area contributed by atoms with Crippen molar-refractivity contribution in [2.45, 2.75) is 26.3 Å². The van der Waals surface area contributed by atoms with E-state index in [1.807, 2.05) is 18.2 Å². The standard InChI is InChI=1S/C17H17FN2/c1-12(2)13-5-4-8-16(9-13)20-11-15-7-3-6-14(10-19)17(15)18/h3-9,12,20H,11H2,1-2H3. The molecule has 102 valence electrons. The van der Waals surface area contributed by atoms with Gasteiger partial charge in [-0.15, -0.1) is 0 Å². The molecule has 0 aliphatic rings. The van der Waals surface area contributed by atoms with Crippen molar-refractivity contribution < 1.29 is 4.39 Å². The predicted molar refractivity (Wildman–Crippen MR) is 79.0 cm³/mol. The van der Waals surface area contributed by atoms with E-state index >= 15 is 0 Å². The monoisotopic (exact) mass is 268 g/mol. The molecule has 1 N–H and O–H groups in total. The van der Waals surface area contributed by atoms with Gasteiger partial charge in [-0.2, -0.15) is 5.26 Å². The molecule has 20 heavy (non-hydrogen) atoms. The molecule has 0 aliphatic carbocycles. The highest BCUT2D eigenvalue weighted by Gasteiger charge is 2.07. The minimum atomic E-state index is -0.442. The first kappa shape index (κ1) is 14.1. The smallest absolute Gasteiger partial charge is 0.145 e. The van der Waals surface area contributed by atoms with Gasteiger partial charge in [-0.25, -0.2) is 4.39 Å². The topological polar surface area (TPSA) is 35.8 Å². The van der Waals surface area contributed by atoms with Gasteiger partial charge in [0.1, 0.15) is 11.9 Å². The zero-order chi connectivity index (χ0) is 14.5. The van der Waals surface area contributed by atoms with Gasteiger partial charge in [0, 0.05) is 17.8 Å². The molecule has 0 aliphatic heterocycles. The summed E-state index contributed by atoms with van der Waals surface area (Å²) < 4.78 is 13.9. The summed E-state index contributed by atoms with van der Waals surface area (Å²) in [5.41, 5.74) is 2.78. The molecule has 0 bridgehead atoms. The highest BCUT2D eigenvalue weighted by Crippen LogP contribution is 2.20. The summed E-state index contributed by atoms with van der Waals surface area (Å²) in [6.45, 7) is 4.63. The van der Waals surface area contributed by atoms with Crippen LogP contribution >= 0.6 is 0 Å². The van der Waals surface area contributed by atoms with Gasteiger partial charge < -0.3 is 5.32 Å². The van der Waals surface area contributed by atoms with Crippen LogP contribution in [0.15, 0.2) is 42.5 Å². The largest absolute Gasteiger partial charge is 0.381 e. The number of halogens is 1. The third kappa shape index (κ3) is 3.16. The molecule has 3 heteroatoms. The molecule has 0 aromatic heterocycles. The van der Waals surface area contributed by atoms with Gasteiger partial charge in [-0.3, -0.25) is 0 Å². The Morgan fingerprint density at radius 1 is 1.20 bits per heavy atom. The Labute approximate surface area is 118 Å². The molecule has 2 nitrogen and oxygen atoms in total. The summed E-state index contributed by atoms with van der Waals surface area (Å²) in [4.78, 5) is 0. The Kier molecular flexibility index (Phi) is 4.37. The van der Waals surface area contributed by atoms with Crippen LogP contribution in [-0.2, 0) is 6.54 Å². The summed E-state index contributed by atoms with van der Waals surface area (Å²) in [5, 5.41) is 12.0. The van der Waals surface area contributed by atoms with Crippen molar-refractivity contribution >= 4 is 5.69 Å². The highest BCUT2D eigenvalue weighted by molar-refractivity contribution is 5.47. The summed E-state index contributed by atoms with van der Waals surface area (Å²) in [5.74, 6) is 0.0120. The SMILES string of the molecule is CC(C)c1cccc(NCc2cccc(C#N)c2F)c1. The quantitative estimate of drug-likeness (QED) is 0.890. The zero-order valence-electron chi connectivity index (χ0n) is 11.7. The van der Waals surface area contributed by atoms with E-state index in [1.54, 1.807) is 12.1 Å². The van der Waals surface area contributed by atoms with E-state index < -0.39 is 5.82 Å². The molecule has 0 fully saturated rings. The predicted octanol–water partition coefficient (Wildman–Crippen LogP) is 4.43. The second-order valence-electron chi connectivity index (χ2n) is 5.02. The van der Waals surface area contributed by atoms with Gasteiger partial charge in [-0.1, -0.05) is 38.1 Å². The molecule has 0 unspecified atom stereocenters. The van der Waals surface area contributed by atoms with Gasteiger partial charge >= 0.3 is 0 Å². The van der Waals surface area contributed by atoms with E-state index in [0.717, 1.165) is 5.69 Å². The Morgan fingerprint density at radius 2 is 1.95 bits per heavy atom. The van der Waals surface area contributed by atoms with Crippen molar-refractivity contribution in [2.75, 3.05) is 5.32 Å². The summed E-state index contributed by atoms with van der Waals surface area (Å²) in [7, 11) is 0. The number of hydrogen-bond acceptors (Lipinski definition) is 2. The molecule has 0 saturated heterocycles. The third-order valence-electron chi connectivity index (χ3n) is 3.24. The second-order valence-corrected chi connectivity index (χ2v) is 5.02. The van der Waals surface area contributed by atoms with Crippen LogP contribution in [0.25, 0.3) is 0 Å². The van der Waals surface area contributed by atoms with Crippen LogP contribution in [-0.4, -0.2) is 0 Å². The molecule has 0 heterocycles. The molecule has 0 radical (unpaired) electrons. The van der Waals surface area contributed by atoms with Gasteiger partial charge in [0.25, 0.3) is 0 Å². The van der Waals surface area contributed by atoms with Gasteiger partial charge in [0.2, 0.25) is 0 Å². The number of nitrogens with zero attached hydrogens (tertiary/aromatic N) is 1. The minimum Gasteiger partial charge on any atom is -0.381 e. The average molecular weight is 268 g/mol. The van der Waals surface area contributed by atoms with Gasteiger partial charge in [0.15, 0.2) is 0 Å². The van der Waals surface area contributed by atoms with E-state index in [1.165, 1.54) is 11.6 Å². The van der Waals surface area contributed by atoms with Crippen molar-refractivity contribution in [1.82, 2.24) is 0 Å². The summed E-state index contributed by atoms with van der Waals surface area (Å²) >= 11 is 0. The molecule has 0 amide bonds. The van der Waals surface area contributed by atoms with E-state index in [2.05, 4.69) is 31.3 Å². The lowest BCUT2D eigenvalue weighted by atomic mass is 10.0. The maximum Gasteiger partial charge on any atom is 0.145 e. The van der Waals surface area contributed by atoms with Crippen LogP contribution in [0.5, 0.6) is 0 Å². The van der Waals surface area contributed by atoms with Crippen LogP contribution < -0.4 is 5.32 Å². The highest BCUT2D eigenvalue weighted by atomic mass is 19.1. The summed E-state index contributed by atoms with van der Waals surface area (Å²) in [6, 6.07) is 14.8. The number of nitrogens with one attached hydrogen (secondary N) is 1. The number of rotatable bonds is 4. The van der Waals surface area contributed by atoms with E-state index in [0.29, 0.717) is 18.0 Å². The lowest BCUT2D eigenvalue weighted by Gasteiger charge is -2.11. The first-order chi connectivity index (χ1) is 9.61. The first-order valence-electron chi connectivity index (χ1n) is 6.63. The van der Waals surface area contributed by atoms with Crippen molar-refractivity contribution in [3.8, 4) is 6.07 Å². The van der Waals surface area contributed by atoms with Crippen LogP contribution in [0.1, 0.15) is 36.5 Å². The summed E-state index contributed by atoms with van der Waals surface area (Å²) in [6.07, 6.45) is 0. The van der Waals surface area contributed by atoms with Crippen LogP contribution in [0.4, 0.5) is 10.1 Å². The zero-order valence-corrected chi connectivity index (χ0v) is 11.7. The van der Waals surface area contributed by atoms with Gasteiger partial charge in [0.05, 0.1) is 5.56 Å². The van der Waals surface area contributed by atoms with Crippen LogP contribution in [0, 0.1) is 17.1 Å². The Hall–Kier alpha value is -2.34. The number of nitriles is 1. The molecule has 0 spiro atoms. The molecule has 2 aromatic rings. The molecule has 2 rings (SSSR count). The second kappa shape index (κ2) is 6.21. The molecule has 0 saturated carbocycles. The maximum absolute atomic E-state index is 13.9. The number of hydrogen-bond donors (Lipinski definition) is 1. The van der Waals surface area contributed by atoms with Crippen molar-refractivity contribution in [2.24, 2.45) is 0 Å².